The zero-order valence-electron chi connectivity index (χ0n) is 25.8. The lowest BCUT2D eigenvalue weighted by Crippen LogP contribution is -2.30. The molecule has 0 N–H and O–H groups in total. The zero-order valence-corrected chi connectivity index (χ0v) is 27.4. The van der Waals surface area contributed by atoms with Crippen molar-refractivity contribution in [2.45, 2.75) is 38.8 Å². The van der Waals surface area contributed by atoms with Crippen LogP contribution in [0.5, 0.6) is 5.75 Å². The van der Waals surface area contributed by atoms with Gasteiger partial charge in [0.15, 0.2) is 0 Å². The number of esters is 1. The first-order valence-electron chi connectivity index (χ1n) is 14.5. The Bertz CT molecular complexity index is 1910. The number of nitrogens with zero attached hydrogens (tertiary/aromatic N) is 2. The summed E-state index contributed by atoms with van der Waals surface area (Å²) in [6.45, 7) is 6.01. The fourth-order valence-corrected chi connectivity index (χ4v) is 6.62. The van der Waals surface area contributed by atoms with E-state index in [1.54, 1.807) is 43.3 Å². The Morgan fingerprint density at radius 1 is 0.935 bits per heavy atom. The molecule has 4 aromatic rings. The second kappa shape index (κ2) is 13.8. The summed E-state index contributed by atoms with van der Waals surface area (Å²) < 4.78 is 45.4. The molecule has 0 saturated heterocycles. The molecule has 238 valence electrons. The Morgan fingerprint density at radius 3 is 2.24 bits per heavy atom. The monoisotopic (exact) mass is 660 g/mol. The third-order valence-corrected chi connectivity index (χ3v) is 9.49. The van der Waals surface area contributed by atoms with Crippen LogP contribution < -0.4 is 9.64 Å². The molecule has 0 aliphatic carbocycles. The molecular formula is C35H33ClN2O7S. The highest BCUT2D eigenvalue weighted by molar-refractivity contribution is 7.89. The maximum atomic E-state index is 13.8. The highest BCUT2D eigenvalue weighted by Gasteiger charge is 2.38. The molecule has 0 bridgehead atoms. The molecule has 9 nitrogen and oxygen atoms in total. The zero-order chi connectivity index (χ0) is 33.0. The molecule has 3 aromatic carbocycles. The molecule has 11 heteroatoms. The topological polar surface area (TPSA) is 106 Å². The van der Waals surface area contributed by atoms with Crippen LogP contribution in [0.3, 0.4) is 0 Å². The van der Waals surface area contributed by atoms with Gasteiger partial charge in [0.1, 0.15) is 17.3 Å². The molecule has 0 atom stereocenters. The van der Waals surface area contributed by atoms with E-state index >= 15 is 0 Å². The van der Waals surface area contributed by atoms with Gasteiger partial charge in [-0.25, -0.2) is 13.2 Å². The number of anilines is 1. The molecule has 0 saturated carbocycles. The molecule has 1 aromatic heterocycles. The fourth-order valence-electron chi connectivity index (χ4n) is 5.10. The number of benzene rings is 3. The molecule has 1 aliphatic heterocycles. The number of sulfonamides is 1. The standard InChI is InChI=1S/C35H33ClN2O7S/c1-5-44-28-14-12-27(13-15-28)38-24(3)33(35(40)43-4)32(34(38)39)20-29-16-17-30(45-29)22-37(21-25-8-6-23(2)7-9-25)46(41,42)31-18-10-26(36)11-19-31/h6-20H,5,21-22H2,1-4H3/b32-20+. The number of allylic oxidation sites excluding steroid dienone is 1. The van der Waals surface area contributed by atoms with Gasteiger partial charge in [-0.3, -0.25) is 9.69 Å². The van der Waals surface area contributed by atoms with Gasteiger partial charge in [-0.05, 0) is 93.1 Å². The summed E-state index contributed by atoms with van der Waals surface area (Å²) >= 11 is 6.02. The molecule has 46 heavy (non-hydrogen) atoms. The number of furan rings is 1. The van der Waals surface area contributed by atoms with Gasteiger partial charge in [0.25, 0.3) is 5.91 Å². The van der Waals surface area contributed by atoms with Crippen LogP contribution in [0.1, 0.15) is 36.5 Å². The summed E-state index contributed by atoms with van der Waals surface area (Å²) in [5.41, 5.74) is 2.99. The van der Waals surface area contributed by atoms with Gasteiger partial charge in [-0.2, -0.15) is 4.31 Å². The summed E-state index contributed by atoms with van der Waals surface area (Å²) in [6, 6.07) is 23.8. The lowest BCUT2D eigenvalue weighted by atomic mass is 10.1. The molecule has 1 aliphatic rings. The third kappa shape index (κ3) is 6.94. The second-order valence-corrected chi connectivity index (χ2v) is 13.0. The average molecular weight is 661 g/mol. The highest BCUT2D eigenvalue weighted by atomic mass is 35.5. The van der Waals surface area contributed by atoms with Crippen LogP contribution >= 0.6 is 11.6 Å². The number of carbonyl (C=O) groups is 2. The summed E-state index contributed by atoms with van der Waals surface area (Å²) in [5.74, 6) is 0.147. The maximum Gasteiger partial charge on any atom is 0.340 e. The number of hydrogen-bond acceptors (Lipinski definition) is 7. The van der Waals surface area contributed by atoms with Crippen molar-refractivity contribution < 1.29 is 31.9 Å². The van der Waals surface area contributed by atoms with Gasteiger partial charge < -0.3 is 13.9 Å². The number of ether oxygens (including phenoxy) is 2. The lowest BCUT2D eigenvalue weighted by molar-refractivity contribution is -0.136. The van der Waals surface area contributed by atoms with Crippen molar-refractivity contribution in [3.8, 4) is 5.75 Å². The number of methoxy groups -OCH3 is 1. The van der Waals surface area contributed by atoms with Crippen molar-refractivity contribution in [1.82, 2.24) is 4.31 Å². The third-order valence-electron chi connectivity index (χ3n) is 7.43. The van der Waals surface area contributed by atoms with Crippen LogP contribution in [0.25, 0.3) is 6.08 Å². The first-order valence-corrected chi connectivity index (χ1v) is 16.3. The minimum Gasteiger partial charge on any atom is -0.494 e. The molecular weight excluding hydrogens is 628 g/mol. The van der Waals surface area contributed by atoms with Crippen LogP contribution in [0.4, 0.5) is 5.69 Å². The molecule has 0 fully saturated rings. The van der Waals surface area contributed by atoms with Gasteiger partial charge in [-0.1, -0.05) is 41.4 Å². The quantitative estimate of drug-likeness (QED) is 0.127. The maximum absolute atomic E-state index is 13.8. The van der Waals surface area contributed by atoms with E-state index < -0.39 is 21.9 Å². The molecule has 0 unspecified atom stereocenters. The SMILES string of the molecule is CCOc1ccc(N2C(=O)/C(=C/c3ccc(CN(Cc4ccc(C)cc4)S(=O)(=O)c4ccc(Cl)cc4)o3)C(C(=O)OC)=C2C)cc1. The minimum atomic E-state index is -3.96. The Kier molecular flexibility index (Phi) is 9.81. The molecule has 0 radical (unpaired) electrons. The highest BCUT2D eigenvalue weighted by Crippen LogP contribution is 2.36. The number of halogens is 1. The van der Waals surface area contributed by atoms with Crippen molar-refractivity contribution in [3.63, 3.8) is 0 Å². The Labute approximate surface area is 273 Å². The number of aryl methyl sites for hydroxylation is 1. The van der Waals surface area contributed by atoms with Crippen molar-refractivity contribution >= 4 is 45.3 Å². The van der Waals surface area contributed by atoms with Crippen LogP contribution in [-0.4, -0.2) is 38.3 Å². The first-order chi connectivity index (χ1) is 22.0. The van der Waals surface area contributed by atoms with E-state index in [-0.39, 0.29) is 34.9 Å². The van der Waals surface area contributed by atoms with Crippen molar-refractivity contribution in [2.24, 2.45) is 0 Å². The largest absolute Gasteiger partial charge is 0.494 e. The Hall–Kier alpha value is -4.64. The smallest absolute Gasteiger partial charge is 0.340 e. The summed E-state index contributed by atoms with van der Waals surface area (Å²) in [5, 5.41) is 0.422. The number of hydrogen-bond donors (Lipinski definition) is 0. The first kappa shape index (κ1) is 32.7. The van der Waals surface area contributed by atoms with E-state index in [0.717, 1.165) is 11.1 Å². The summed E-state index contributed by atoms with van der Waals surface area (Å²) in [6.07, 6.45) is 1.47. The van der Waals surface area contributed by atoms with E-state index in [1.807, 2.05) is 38.1 Å². The Balaban J connectivity index is 1.46. The summed E-state index contributed by atoms with van der Waals surface area (Å²) in [7, 11) is -2.71. The van der Waals surface area contributed by atoms with Gasteiger partial charge in [0.05, 0.1) is 36.3 Å². The van der Waals surface area contributed by atoms with E-state index in [2.05, 4.69) is 0 Å². The van der Waals surface area contributed by atoms with E-state index in [9.17, 15) is 18.0 Å². The predicted molar refractivity (Wildman–Crippen MR) is 176 cm³/mol. The van der Waals surface area contributed by atoms with E-state index in [1.165, 1.54) is 46.7 Å². The molecule has 0 spiro atoms. The molecule has 2 heterocycles. The van der Waals surface area contributed by atoms with Crippen molar-refractivity contribution in [2.75, 3.05) is 18.6 Å². The number of rotatable bonds is 11. The van der Waals surface area contributed by atoms with Crippen LogP contribution in [0.15, 0.2) is 111 Å². The number of amides is 1. The molecule has 5 rings (SSSR count). The van der Waals surface area contributed by atoms with Gasteiger partial charge >= 0.3 is 5.97 Å². The van der Waals surface area contributed by atoms with E-state index in [4.69, 9.17) is 25.5 Å². The van der Waals surface area contributed by atoms with Crippen molar-refractivity contribution in [3.05, 3.63) is 129 Å². The fraction of sp³-hybridized carbons (Fsp3) is 0.200. The summed E-state index contributed by atoms with van der Waals surface area (Å²) in [4.78, 5) is 28.1. The second-order valence-electron chi connectivity index (χ2n) is 10.6. The molecule has 1 amide bonds. The van der Waals surface area contributed by atoms with Gasteiger partial charge in [-0.15, -0.1) is 0 Å². The van der Waals surface area contributed by atoms with Crippen LogP contribution in [0, 0.1) is 6.92 Å². The van der Waals surface area contributed by atoms with Crippen LogP contribution in [-0.2, 0) is 37.4 Å². The van der Waals surface area contributed by atoms with Crippen molar-refractivity contribution in [1.29, 1.82) is 0 Å². The normalized spacial score (nSPS) is 14.4. The lowest BCUT2D eigenvalue weighted by Gasteiger charge is -2.21. The van der Waals surface area contributed by atoms with Gasteiger partial charge in [0, 0.05) is 23.0 Å². The van der Waals surface area contributed by atoms with Gasteiger partial charge in [0.2, 0.25) is 10.0 Å². The Morgan fingerprint density at radius 2 is 1.61 bits per heavy atom. The van der Waals surface area contributed by atoms with Crippen LogP contribution in [0.2, 0.25) is 5.02 Å². The van der Waals surface area contributed by atoms with E-state index in [0.29, 0.717) is 34.5 Å². The average Bonchev–Trinajstić information content (AvgIpc) is 3.58. The number of carbonyl (C=O) groups excluding carboxylic acids is 2. The minimum absolute atomic E-state index is 0.0874. The predicted octanol–water partition coefficient (Wildman–Crippen LogP) is 6.91.